The number of nitrogen functional groups attached to an aromatic ring is 1. The predicted molar refractivity (Wildman–Crippen MR) is 99.5 cm³/mol. The molecule has 1 aromatic carbocycles. The maximum Gasteiger partial charge on any atom is 0.342 e. The van der Waals surface area contributed by atoms with Crippen LogP contribution in [0.2, 0.25) is 0 Å². The van der Waals surface area contributed by atoms with Crippen LogP contribution in [0.1, 0.15) is 27.1 Å². The lowest BCUT2D eigenvalue weighted by Gasteiger charge is -2.16. The summed E-state index contributed by atoms with van der Waals surface area (Å²) in [7, 11) is 3.84. The van der Waals surface area contributed by atoms with E-state index in [1.54, 1.807) is 18.2 Å². The molecule has 0 amide bonds. The van der Waals surface area contributed by atoms with Gasteiger partial charge in [0.15, 0.2) is 0 Å². The first-order valence-corrected chi connectivity index (χ1v) is 8.13. The number of H-pyrrole nitrogens is 1. The third-order valence-corrected chi connectivity index (χ3v) is 3.84. The van der Waals surface area contributed by atoms with Crippen LogP contribution in [0.4, 0.5) is 5.82 Å². The lowest BCUT2D eigenvalue weighted by Crippen LogP contribution is -2.24. The first-order chi connectivity index (χ1) is 12.7. The fourth-order valence-electron chi connectivity index (χ4n) is 2.68. The number of hydrogen-bond donors (Lipinski definition) is 4. The van der Waals surface area contributed by atoms with Crippen molar-refractivity contribution in [1.82, 2.24) is 9.88 Å². The Morgan fingerprint density at radius 2 is 1.78 bits per heavy atom. The first kappa shape index (κ1) is 20.0. The Morgan fingerprint density at radius 3 is 2.37 bits per heavy atom. The molecule has 0 unspecified atom stereocenters. The Morgan fingerprint density at radius 1 is 1.15 bits per heavy atom. The van der Waals surface area contributed by atoms with Crippen molar-refractivity contribution in [2.24, 2.45) is 0 Å². The molecule has 0 saturated carbocycles. The SMILES string of the molecule is CN(C)CCCOc1ccccc1-c1c(C(=O)O)c(N)[nH]c(=O)c1C(=O)O. The molecule has 1 heterocycles. The highest BCUT2D eigenvalue weighted by atomic mass is 16.5. The van der Waals surface area contributed by atoms with Gasteiger partial charge in [-0.2, -0.15) is 0 Å². The van der Waals surface area contributed by atoms with Crippen LogP contribution in [0.3, 0.4) is 0 Å². The fraction of sp³-hybridized carbons (Fsp3) is 0.278. The highest BCUT2D eigenvalue weighted by Gasteiger charge is 2.28. The molecular weight excluding hydrogens is 354 g/mol. The maximum absolute atomic E-state index is 12.1. The number of carboxylic acid groups (broad SMARTS) is 2. The number of hydrogen-bond acceptors (Lipinski definition) is 6. The molecule has 2 rings (SSSR count). The van der Waals surface area contributed by atoms with Crippen LogP contribution in [0.15, 0.2) is 29.1 Å². The summed E-state index contributed by atoms with van der Waals surface area (Å²) in [6, 6.07) is 6.34. The van der Waals surface area contributed by atoms with Gasteiger partial charge in [0.2, 0.25) is 0 Å². The Bertz CT molecular complexity index is 920. The molecule has 0 bridgehead atoms. The second-order valence-corrected chi connectivity index (χ2v) is 6.10. The summed E-state index contributed by atoms with van der Waals surface area (Å²) in [5.74, 6) is -3.17. The molecule has 0 aliphatic carbocycles. The van der Waals surface area contributed by atoms with E-state index in [-0.39, 0.29) is 16.9 Å². The third kappa shape index (κ3) is 4.45. The summed E-state index contributed by atoms with van der Waals surface area (Å²) in [6.07, 6.45) is 0.705. The van der Waals surface area contributed by atoms with Crippen molar-refractivity contribution in [3.05, 3.63) is 45.7 Å². The van der Waals surface area contributed by atoms with E-state index < -0.39 is 34.4 Å². The summed E-state index contributed by atoms with van der Waals surface area (Å²) in [6.45, 7) is 1.11. The molecule has 9 heteroatoms. The van der Waals surface area contributed by atoms with E-state index in [2.05, 4.69) is 4.98 Å². The maximum atomic E-state index is 12.1. The van der Waals surface area contributed by atoms with Crippen molar-refractivity contribution in [2.45, 2.75) is 6.42 Å². The molecule has 5 N–H and O–H groups in total. The van der Waals surface area contributed by atoms with Gasteiger partial charge in [0.25, 0.3) is 5.56 Å². The lowest BCUT2D eigenvalue weighted by molar-refractivity contribution is 0.0695. The van der Waals surface area contributed by atoms with Gasteiger partial charge in [-0.15, -0.1) is 0 Å². The number of carboxylic acids is 2. The van der Waals surface area contributed by atoms with Crippen LogP contribution >= 0.6 is 0 Å². The van der Waals surface area contributed by atoms with Crippen molar-refractivity contribution < 1.29 is 24.5 Å². The zero-order valence-corrected chi connectivity index (χ0v) is 15.0. The molecule has 1 aromatic heterocycles. The Hall–Kier alpha value is -3.33. The standard InChI is InChI=1S/C18H21N3O6/c1-21(2)8-5-9-27-11-7-4-3-6-10(11)12-13(17(23)24)15(19)20-16(22)14(12)18(25)26/h3-4,6-7H,5,8-9H2,1-2H3,(H,23,24)(H,25,26)(H3,19,20,22). The van der Waals surface area contributed by atoms with Gasteiger partial charge in [0.1, 0.15) is 22.7 Å². The van der Waals surface area contributed by atoms with E-state index in [0.29, 0.717) is 13.0 Å². The molecule has 0 aliphatic rings. The number of para-hydroxylation sites is 1. The summed E-state index contributed by atoms with van der Waals surface area (Å²) >= 11 is 0. The molecule has 0 saturated heterocycles. The summed E-state index contributed by atoms with van der Waals surface area (Å²) in [5.41, 5.74) is 3.38. The normalized spacial score (nSPS) is 10.8. The molecule has 27 heavy (non-hydrogen) atoms. The van der Waals surface area contributed by atoms with E-state index in [9.17, 15) is 24.6 Å². The van der Waals surface area contributed by atoms with Gasteiger partial charge in [-0.25, -0.2) is 9.59 Å². The molecule has 9 nitrogen and oxygen atoms in total. The van der Waals surface area contributed by atoms with Gasteiger partial charge in [-0.3, -0.25) is 4.79 Å². The van der Waals surface area contributed by atoms with Crippen molar-refractivity contribution in [3.63, 3.8) is 0 Å². The first-order valence-electron chi connectivity index (χ1n) is 8.13. The number of carbonyl (C=O) groups is 2. The van der Waals surface area contributed by atoms with Crippen molar-refractivity contribution in [1.29, 1.82) is 0 Å². The second kappa shape index (κ2) is 8.37. The van der Waals surface area contributed by atoms with Gasteiger partial charge >= 0.3 is 11.9 Å². The van der Waals surface area contributed by atoms with E-state index in [0.717, 1.165) is 6.54 Å². The molecule has 144 valence electrons. The number of pyridine rings is 1. The van der Waals surface area contributed by atoms with Gasteiger partial charge in [-0.05, 0) is 26.6 Å². The number of nitrogens with zero attached hydrogens (tertiary/aromatic N) is 1. The number of benzene rings is 1. The Labute approximate surface area is 155 Å². The van der Waals surface area contributed by atoms with Gasteiger partial charge in [-0.1, -0.05) is 18.2 Å². The summed E-state index contributed by atoms with van der Waals surface area (Å²) < 4.78 is 5.73. The smallest absolute Gasteiger partial charge is 0.342 e. The van der Waals surface area contributed by atoms with Crippen molar-refractivity contribution >= 4 is 17.8 Å². The average Bonchev–Trinajstić information content (AvgIpc) is 2.57. The summed E-state index contributed by atoms with van der Waals surface area (Å²) in [4.78, 5) is 39.6. The van der Waals surface area contributed by atoms with Crippen LogP contribution in [0, 0.1) is 0 Å². The topological polar surface area (TPSA) is 146 Å². The molecule has 0 radical (unpaired) electrons. The van der Waals surface area contributed by atoms with E-state index in [1.165, 1.54) is 6.07 Å². The number of aromatic nitrogens is 1. The van der Waals surface area contributed by atoms with Gasteiger partial charge < -0.3 is 30.6 Å². The minimum Gasteiger partial charge on any atom is -0.493 e. The van der Waals surface area contributed by atoms with Gasteiger partial charge in [0.05, 0.1) is 6.61 Å². The number of aromatic carboxylic acids is 2. The molecule has 0 fully saturated rings. The highest BCUT2D eigenvalue weighted by Crippen LogP contribution is 2.35. The number of ether oxygens (including phenoxy) is 1. The quantitative estimate of drug-likeness (QED) is 0.506. The lowest BCUT2D eigenvalue weighted by atomic mass is 9.94. The molecule has 2 aromatic rings. The van der Waals surface area contributed by atoms with Gasteiger partial charge in [0, 0.05) is 17.7 Å². The van der Waals surface area contributed by atoms with E-state index in [4.69, 9.17) is 10.5 Å². The van der Waals surface area contributed by atoms with Crippen molar-refractivity contribution in [3.8, 4) is 16.9 Å². The van der Waals surface area contributed by atoms with E-state index >= 15 is 0 Å². The zero-order valence-electron chi connectivity index (χ0n) is 15.0. The molecule has 0 aliphatic heterocycles. The zero-order chi connectivity index (χ0) is 20.1. The highest BCUT2D eigenvalue weighted by molar-refractivity contribution is 6.08. The number of nitrogens with one attached hydrogen (secondary N) is 1. The number of nitrogens with two attached hydrogens (primary N) is 1. The molecule has 0 atom stereocenters. The Kier molecular flexibility index (Phi) is 6.19. The van der Waals surface area contributed by atoms with Crippen LogP contribution < -0.4 is 16.0 Å². The number of rotatable bonds is 8. The second-order valence-electron chi connectivity index (χ2n) is 6.10. The van der Waals surface area contributed by atoms with Crippen LogP contribution in [-0.4, -0.2) is 59.3 Å². The number of aromatic amines is 1. The van der Waals surface area contributed by atoms with Crippen molar-refractivity contribution in [2.75, 3.05) is 33.0 Å². The number of anilines is 1. The Balaban J connectivity index is 2.63. The van der Waals surface area contributed by atoms with Crippen LogP contribution in [0.5, 0.6) is 5.75 Å². The molecule has 0 spiro atoms. The fourth-order valence-corrected chi connectivity index (χ4v) is 2.68. The predicted octanol–water partition coefficient (Wildman–Crippen LogP) is 1.35. The van der Waals surface area contributed by atoms with E-state index in [1.807, 2.05) is 19.0 Å². The van der Waals surface area contributed by atoms with Crippen LogP contribution in [-0.2, 0) is 0 Å². The molecular formula is C18H21N3O6. The minimum atomic E-state index is -1.56. The van der Waals surface area contributed by atoms with Crippen LogP contribution in [0.25, 0.3) is 11.1 Å². The largest absolute Gasteiger partial charge is 0.493 e. The summed E-state index contributed by atoms with van der Waals surface area (Å²) in [5, 5.41) is 19.0. The monoisotopic (exact) mass is 375 g/mol. The average molecular weight is 375 g/mol. The third-order valence-electron chi connectivity index (χ3n) is 3.84. The minimum absolute atomic E-state index is 0.176.